The van der Waals surface area contributed by atoms with Gasteiger partial charge in [-0.3, -0.25) is 9.59 Å². The number of carboxylic acids is 1. The van der Waals surface area contributed by atoms with E-state index in [1.54, 1.807) is 6.92 Å². The van der Waals surface area contributed by atoms with Crippen LogP contribution in [0, 0.1) is 11.3 Å². The highest BCUT2D eigenvalue weighted by molar-refractivity contribution is 5.84. The molecular weight excluding hydrogens is 206 g/mol. The topological polar surface area (TPSA) is 66.4 Å². The lowest BCUT2D eigenvalue weighted by Crippen LogP contribution is -2.44. The molecule has 0 rings (SSSR count). The summed E-state index contributed by atoms with van der Waals surface area (Å²) >= 11 is 0. The molecule has 4 heteroatoms. The maximum absolute atomic E-state index is 11.5. The van der Waals surface area contributed by atoms with Crippen LogP contribution in [0.2, 0.25) is 0 Å². The van der Waals surface area contributed by atoms with E-state index < -0.39 is 12.0 Å². The van der Waals surface area contributed by atoms with Gasteiger partial charge in [0, 0.05) is 5.92 Å². The number of aliphatic carboxylic acids is 1. The molecule has 0 aliphatic heterocycles. The van der Waals surface area contributed by atoms with E-state index >= 15 is 0 Å². The fraction of sp³-hybridized carbons (Fsp3) is 0.833. The number of carbonyl (C=O) groups excluding carboxylic acids is 1. The van der Waals surface area contributed by atoms with E-state index in [0.29, 0.717) is 0 Å². The van der Waals surface area contributed by atoms with Crippen LogP contribution < -0.4 is 5.32 Å². The Labute approximate surface area is 98.4 Å². The number of amides is 1. The zero-order valence-electron chi connectivity index (χ0n) is 11.4. The first kappa shape index (κ1) is 17.3. The van der Waals surface area contributed by atoms with Crippen molar-refractivity contribution in [2.45, 2.75) is 54.5 Å². The monoisotopic (exact) mass is 231 g/mol. The summed E-state index contributed by atoms with van der Waals surface area (Å²) in [5.41, 5.74) is -0.150. The molecule has 0 aromatic carbocycles. The van der Waals surface area contributed by atoms with Gasteiger partial charge >= 0.3 is 5.97 Å². The average molecular weight is 231 g/mol. The van der Waals surface area contributed by atoms with Gasteiger partial charge in [-0.25, -0.2) is 0 Å². The Bertz CT molecular complexity index is 231. The van der Waals surface area contributed by atoms with Crippen LogP contribution in [0.15, 0.2) is 0 Å². The number of rotatable bonds is 3. The van der Waals surface area contributed by atoms with Gasteiger partial charge < -0.3 is 10.4 Å². The van der Waals surface area contributed by atoms with Crippen molar-refractivity contribution in [3.8, 4) is 0 Å². The molecule has 1 amide bonds. The van der Waals surface area contributed by atoms with Crippen molar-refractivity contribution >= 4 is 11.9 Å². The minimum Gasteiger partial charge on any atom is -0.480 e. The summed E-state index contributed by atoms with van der Waals surface area (Å²) in [6.07, 6.45) is 0. The Morgan fingerprint density at radius 2 is 1.50 bits per heavy atom. The molecule has 0 radical (unpaired) electrons. The SMILES string of the molecule is CC.CC(NC(=O)C(C)C(C)(C)C)C(=O)O. The van der Waals surface area contributed by atoms with Gasteiger partial charge in [0.1, 0.15) is 6.04 Å². The van der Waals surface area contributed by atoms with Crippen molar-refractivity contribution in [1.29, 1.82) is 0 Å². The van der Waals surface area contributed by atoms with Crippen molar-refractivity contribution in [3.63, 3.8) is 0 Å². The highest BCUT2D eigenvalue weighted by Gasteiger charge is 2.28. The van der Waals surface area contributed by atoms with Crippen LogP contribution in [-0.4, -0.2) is 23.0 Å². The Morgan fingerprint density at radius 1 is 1.12 bits per heavy atom. The molecule has 2 unspecified atom stereocenters. The average Bonchev–Trinajstić information content (AvgIpc) is 2.18. The van der Waals surface area contributed by atoms with Crippen LogP contribution >= 0.6 is 0 Å². The standard InChI is InChI=1S/C10H19NO3.C2H6/c1-6(10(3,4)5)8(12)11-7(2)9(13)14;1-2/h6-7H,1-5H3,(H,11,12)(H,13,14);1-2H3. The number of nitrogens with one attached hydrogen (secondary N) is 1. The lowest BCUT2D eigenvalue weighted by molar-refractivity contribution is -0.142. The molecule has 4 nitrogen and oxygen atoms in total. The molecule has 16 heavy (non-hydrogen) atoms. The van der Waals surface area contributed by atoms with Crippen LogP contribution in [0.5, 0.6) is 0 Å². The predicted octanol–water partition coefficient (Wildman–Crippen LogP) is 2.28. The highest BCUT2D eigenvalue weighted by atomic mass is 16.4. The molecule has 0 bridgehead atoms. The molecule has 2 N–H and O–H groups in total. The van der Waals surface area contributed by atoms with E-state index in [-0.39, 0.29) is 17.2 Å². The highest BCUT2D eigenvalue weighted by Crippen LogP contribution is 2.25. The number of carboxylic acid groups (broad SMARTS) is 1. The zero-order chi connectivity index (χ0) is 13.5. The lowest BCUT2D eigenvalue weighted by Gasteiger charge is -2.26. The third-order valence-corrected chi connectivity index (χ3v) is 2.42. The molecule has 0 saturated carbocycles. The third-order valence-electron chi connectivity index (χ3n) is 2.42. The Morgan fingerprint density at radius 3 is 1.75 bits per heavy atom. The maximum Gasteiger partial charge on any atom is 0.325 e. The second-order valence-corrected chi connectivity index (χ2v) is 4.66. The molecule has 0 aromatic heterocycles. The molecule has 0 aromatic rings. The first-order chi connectivity index (χ1) is 7.16. The van der Waals surface area contributed by atoms with Gasteiger partial charge in [0.25, 0.3) is 0 Å². The number of hydrogen-bond acceptors (Lipinski definition) is 2. The Balaban J connectivity index is 0. The summed E-state index contributed by atoms with van der Waals surface area (Å²) in [6, 6.07) is -0.827. The van der Waals surface area contributed by atoms with E-state index in [2.05, 4.69) is 5.32 Å². The van der Waals surface area contributed by atoms with Gasteiger partial charge in [-0.1, -0.05) is 41.5 Å². The molecule has 0 saturated heterocycles. The van der Waals surface area contributed by atoms with E-state index in [0.717, 1.165) is 0 Å². The zero-order valence-corrected chi connectivity index (χ0v) is 11.4. The smallest absolute Gasteiger partial charge is 0.325 e. The van der Waals surface area contributed by atoms with Crippen LogP contribution in [-0.2, 0) is 9.59 Å². The van der Waals surface area contributed by atoms with Crippen molar-refractivity contribution < 1.29 is 14.7 Å². The molecule has 0 fully saturated rings. The normalized spacial score (nSPS) is 14.2. The van der Waals surface area contributed by atoms with E-state index in [4.69, 9.17) is 5.11 Å². The van der Waals surface area contributed by atoms with E-state index in [9.17, 15) is 9.59 Å². The fourth-order valence-electron chi connectivity index (χ4n) is 0.793. The van der Waals surface area contributed by atoms with Crippen LogP contribution in [0.4, 0.5) is 0 Å². The van der Waals surface area contributed by atoms with Crippen molar-refractivity contribution in [2.75, 3.05) is 0 Å². The van der Waals surface area contributed by atoms with Gasteiger partial charge in [-0.2, -0.15) is 0 Å². The summed E-state index contributed by atoms with van der Waals surface area (Å²) in [6.45, 7) is 13.1. The van der Waals surface area contributed by atoms with E-state index in [1.165, 1.54) is 6.92 Å². The van der Waals surface area contributed by atoms with Crippen LogP contribution in [0.1, 0.15) is 48.5 Å². The van der Waals surface area contributed by atoms with Gasteiger partial charge in [-0.05, 0) is 12.3 Å². The quantitative estimate of drug-likeness (QED) is 0.783. The third kappa shape index (κ3) is 6.43. The van der Waals surface area contributed by atoms with Gasteiger partial charge in [0.15, 0.2) is 0 Å². The second kappa shape index (κ2) is 7.25. The molecular formula is C12H25NO3. The molecule has 0 aliphatic rings. The summed E-state index contributed by atoms with van der Waals surface area (Å²) < 4.78 is 0. The molecule has 0 heterocycles. The van der Waals surface area contributed by atoms with Gasteiger partial charge in [0.2, 0.25) is 5.91 Å². The second-order valence-electron chi connectivity index (χ2n) is 4.66. The predicted molar refractivity (Wildman–Crippen MR) is 65.2 cm³/mol. The maximum atomic E-state index is 11.5. The minimum atomic E-state index is -1.01. The summed E-state index contributed by atoms with van der Waals surface area (Å²) in [4.78, 5) is 22.0. The molecule has 0 spiro atoms. The first-order valence-electron chi connectivity index (χ1n) is 5.69. The fourth-order valence-corrected chi connectivity index (χ4v) is 0.793. The van der Waals surface area contributed by atoms with Gasteiger partial charge in [0.05, 0.1) is 0 Å². The summed E-state index contributed by atoms with van der Waals surface area (Å²) in [5, 5.41) is 11.0. The molecule has 2 atom stereocenters. The van der Waals surface area contributed by atoms with Crippen molar-refractivity contribution in [3.05, 3.63) is 0 Å². The first-order valence-corrected chi connectivity index (χ1v) is 5.69. The minimum absolute atomic E-state index is 0.150. The van der Waals surface area contributed by atoms with Crippen LogP contribution in [0.3, 0.4) is 0 Å². The lowest BCUT2D eigenvalue weighted by atomic mass is 9.81. The molecule has 96 valence electrons. The summed E-state index contributed by atoms with van der Waals surface area (Å²) in [5.74, 6) is -1.43. The Hall–Kier alpha value is -1.06. The molecule has 0 aliphatic carbocycles. The largest absolute Gasteiger partial charge is 0.480 e. The van der Waals surface area contributed by atoms with Crippen LogP contribution in [0.25, 0.3) is 0 Å². The van der Waals surface area contributed by atoms with Gasteiger partial charge in [-0.15, -0.1) is 0 Å². The number of hydrogen-bond donors (Lipinski definition) is 2. The van der Waals surface area contributed by atoms with Crippen molar-refractivity contribution in [2.24, 2.45) is 11.3 Å². The van der Waals surface area contributed by atoms with E-state index in [1.807, 2.05) is 34.6 Å². The van der Waals surface area contributed by atoms with Crippen molar-refractivity contribution in [1.82, 2.24) is 5.32 Å². The Kier molecular flexibility index (Phi) is 7.86. The summed E-state index contributed by atoms with van der Waals surface area (Å²) in [7, 11) is 0. The number of carbonyl (C=O) groups is 2.